The van der Waals surface area contributed by atoms with Crippen molar-refractivity contribution in [2.75, 3.05) is 31.1 Å². The monoisotopic (exact) mass is 288 g/mol. The van der Waals surface area contributed by atoms with E-state index < -0.39 is 0 Å². The van der Waals surface area contributed by atoms with Crippen molar-refractivity contribution in [2.45, 2.75) is 18.9 Å². The van der Waals surface area contributed by atoms with Crippen LogP contribution in [0.15, 0.2) is 24.3 Å². The first-order valence-electron chi connectivity index (χ1n) is 7.41. The summed E-state index contributed by atoms with van der Waals surface area (Å²) in [5.41, 5.74) is 1.36. The van der Waals surface area contributed by atoms with Gasteiger partial charge in [0.2, 0.25) is 0 Å². The molecule has 21 heavy (non-hydrogen) atoms. The van der Waals surface area contributed by atoms with Crippen molar-refractivity contribution < 1.29 is 9.59 Å². The number of amides is 3. The van der Waals surface area contributed by atoms with Crippen LogP contribution in [0.3, 0.4) is 0 Å². The summed E-state index contributed by atoms with van der Waals surface area (Å²) in [5, 5.41) is 9.05. The molecule has 1 aromatic carbocycles. The van der Waals surface area contributed by atoms with E-state index in [9.17, 15) is 9.59 Å². The lowest BCUT2D eigenvalue weighted by Crippen LogP contribution is -2.46. The highest BCUT2D eigenvalue weighted by Crippen LogP contribution is 2.18. The maximum absolute atomic E-state index is 12.3. The van der Waals surface area contributed by atoms with Crippen LogP contribution in [0.1, 0.15) is 23.2 Å². The molecule has 3 amide bonds. The maximum Gasteiger partial charge on any atom is 0.321 e. The van der Waals surface area contributed by atoms with Crippen LogP contribution in [0.5, 0.6) is 0 Å². The minimum Gasteiger partial charge on any atom is -0.348 e. The number of carbonyl (C=O) groups excluding carboxylic acids is 2. The third kappa shape index (κ3) is 3.16. The Hall–Kier alpha value is -2.08. The van der Waals surface area contributed by atoms with Gasteiger partial charge in [-0.25, -0.2) is 4.79 Å². The van der Waals surface area contributed by atoms with Crippen molar-refractivity contribution in [3.8, 4) is 0 Å². The highest BCUT2D eigenvalue weighted by atomic mass is 16.2. The topological polar surface area (TPSA) is 73.5 Å². The normalized spacial score (nSPS) is 22.0. The first-order valence-corrected chi connectivity index (χ1v) is 7.41. The number of anilines is 1. The molecule has 0 radical (unpaired) electrons. The van der Waals surface area contributed by atoms with E-state index in [-0.39, 0.29) is 18.0 Å². The highest BCUT2D eigenvalue weighted by Gasteiger charge is 2.21. The molecular formula is C15H20N4O2. The Balaban J connectivity index is 1.72. The fourth-order valence-electron chi connectivity index (χ4n) is 2.74. The summed E-state index contributed by atoms with van der Waals surface area (Å²) in [7, 11) is 0. The van der Waals surface area contributed by atoms with E-state index in [1.165, 1.54) is 0 Å². The van der Waals surface area contributed by atoms with Gasteiger partial charge in [-0.2, -0.15) is 0 Å². The van der Waals surface area contributed by atoms with E-state index in [1.54, 1.807) is 17.0 Å². The fourth-order valence-corrected chi connectivity index (χ4v) is 2.74. The van der Waals surface area contributed by atoms with Gasteiger partial charge in [-0.15, -0.1) is 0 Å². The molecule has 6 heteroatoms. The lowest BCUT2D eigenvalue weighted by Gasteiger charge is -2.27. The van der Waals surface area contributed by atoms with Gasteiger partial charge in [-0.1, -0.05) is 6.07 Å². The summed E-state index contributed by atoms with van der Waals surface area (Å²) in [5.74, 6) is -0.0806. The minimum absolute atomic E-state index is 0.0806. The van der Waals surface area contributed by atoms with E-state index in [1.807, 2.05) is 12.1 Å². The van der Waals surface area contributed by atoms with Gasteiger partial charge in [-0.05, 0) is 37.6 Å². The zero-order valence-electron chi connectivity index (χ0n) is 11.9. The molecule has 2 fully saturated rings. The number of nitrogens with zero attached hydrogens (tertiary/aromatic N) is 1. The smallest absolute Gasteiger partial charge is 0.321 e. The lowest BCUT2D eigenvalue weighted by atomic mass is 10.1. The van der Waals surface area contributed by atoms with Crippen molar-refractivity contribution in [2.24, 2.45) is 0 Å². The average molecular weight is 288 g/mol. The van der Waals surface area contributed by atoms with Crippen LogP contribution in [-0.2, 0) is 0 Å². The van der Waals surface area contributed by atoms with Crippen molar-refractivity contribution >= 4 is 17.6 Å². The van der Waals surface area contributed by atoms with Crippen LogP contribution in [0.4, 0.5) is 10.5 Å². The minimum atomic E-state index is -0.0983. The van der Waals surface area contributed by atoms with Crippen molar-refractivity contribution in [3.63, 3.8) is 0 Å². The first kappa shape index (κ1) is 13.9. The van der Waals surface area contributed by atoms with Crippen LogP contribution in [0.25, 0.3) is 0 Å². The Bertz CT molecular complexity index is 540. The van der Waals surface area contributed by atoms with E-state index in [4.69, 9.17) is 0 Å². The van der Waals surface area contributed by atoms with Crippen molar-refractivity contribution in [1.29, 1.82) is 0 Å². The van der Waals surface area contributed by atoms with Crippen LogP contribution < -0.4 is 20.9 Å². The number of hydrogen-bond donors (Lipinski definition) is 3. The second-order valence-electron chi connectivity index (χ2n) is 5.45. The molecule has 3 N–H and O–H groups in total. The Labute approximate surface area is 123 Å². The molecular weight excluding hydrogens is 268 g/mol. The second-order valence-corrected chi connectivity index (χ2v) is 5.45. The average Bonchev–Trinajstić information content (AvgIpc) is 3.01. The van der Waals surface area contributed by atoms with Gasteiger partial charge in [0.25, 0.3) is 5.91 Å². The van der Waals surface area contributed by atoms with Gasteiger partial charge in [0.15, 0.2) is 0 Å². The molecule has 1 atom stereocenters. The van der Waals surface area contributed by atoms with Gasteiger partial charge >= 0.3 is 6.03 Å². The largest absolute Gasteiger partial charge is 0.348 e. The quantitative estimate of drug-likeness (QED) is 0.766. The highest BCUT2D eigenvalue weighted by molar-refractivity contribution is 5.98. The molecule has 2 aliphatic rings. The van der Waals surface area contributed by atoms with Crippen LogP contribution >= 0.6 is 0 Å². The SMILES string of the molecule is O=C(NC1CCNC1)c1cccc(N2CCCNC2=O)c1. The summed E-state index contributed by atoms with van der Waals surface area (Å²) in [4.78, 5) is 25.8. The van der Waals surface area contributed by atoms with Gasteiger partial charge in [0.05, 0.1) is 0 Å². The van der Waals surface area contributed by atoms with Crippen molar-refractivity contribution in [1.82, 2.24) is 16.0 Å². The number of nitrogens with one attached hydrogen (secondary N) is 3. The summed E-state index contributed by atoms with van der Waals surface area (Å²) in [6, 6.07) is 7.34. The maximum atomic E-state index is 12.3. The van der Waals surface area contributed by atoms with Crippen LogP contribution in [0.2, 0.25) is 0 Å². The summed E-state index contributed by atoms with van der Waals surface area (Å²) < 4.78 is 0. The molecule has 2 heterocycles. The van der Waals surface area contributed by atoms with Crippen LogP contribution in [-0.4, -0.2) is 44.2 Å². The van der Waals surface area contributed by atoms with Crippen molar-refractivity contribution in [3.05, 3.63) is 29.8 Å². The molecule has 1 unspecified atom stereocenters. The number of urea groups is 1. The lowest BCUT2D eigenvalue weighted by molar-refractivity contribution is 0.0940. The van der Waals surface area contributed by atoms with E-state index in [2.05, 4.69) is 16.0 Å². The second kappa shape index (κ2) is 6.13. The predicted molar refractivity (Wildman–Crippen MR) is 80.5 cm³/mol. The zero-order chi connectivity index (χ0) is 14.7. The number of hydrogen-bond acceptors (Lipinski definition) is 3. The molecule has 0 saturated carbocycles. The molecule has 0 aromatic heterocycles. The molecule has 3 rings (SSSR count). The molecule has 0 bridgehead atoms. The van der Waals surface area contributed by atoms with Gasteiger partial charge < -0.3 is 16.0 Å². The molecule has 6 nitrogen and oxygen atoms in total. The predicted octanol–water partition coefficient (Wildman–Crippen LogP) is 0.698. The fraction of sp³-hybridized carbons (Fsp3) is 0.467. The third-order valence-corrected chi connectivity index (χ3v) is 3.90. The third-order valence-electron chi connectivity index (χ3n) is 3.90. The standard InChI is InChI=1S/C15H20N4O2/c20-14(18-12-5-7-16-10-12)11-3-1-4-13(9-11)19-8-2-6-17-15(19)21/h1,3-4,9,12,16H,2,5-8,10H2,(H,17,21)(H,18,20). The first-order chi connectivity index (χ1) is 10.2. The van der Waals surface area contributed by atoms with Gasteiger partial charge in [-0.3, -0.25) is 9.69 Å². The number of rotatable bonds is 3. The number of benzene rings is 1. The van der Waals surface area contributed by atoms with E-state index >= 15 is 0 Å². The molecule has 2 saturated heterocycles. The van der Waals surface area contributed by atoms with Crippen LogP contribution in [0, 0.1) is 0 Å². The Morgan fingerprint density at radius 3 is 3.00 bits per heavy atom. The Morgan fingerprint density at radius 1 is 1.33 bits per heavy atom. The van der Waals surface area contributed by atoms with Gasteiger partial charge in [0, 0.05) is 36.9 Å². The zero-order valence-corrected chi connectivity index (χ0v) is 11.9. The summed E-state index contributed by atoms with van der Waals surface area (Å²) >= 11 is 0. The van der Waals surface area contributed by atoms with E-state index in [0.717, 1.165) is 31.6 Å². The Kier molecular flexibility index (Phi) is 4.06. The molecule has 0 spiro atoms. The molecule has 0 aliphatic carbocycles. The molecule has 2 aliphatic heterocycles. The van der Waals surface area contributed by atoms with E-state index in [0.29, 0.717) is 18.7 Å². The van der Waals surface area contributed by atoms with Gasteiger partial charge in [0.1, 0.15) is 0 Å². The number of carbonyl (C=O) groups is 2. The molecule has 1 aromatic rings. The summed E-state index contributed by atoms with van der Waals surface area (Å²) in [6.45, 7) is 3.16. The summed E-state index contributed by atoms with van der Waals surface area (Å²) in [6.07, 6.45) is 1.87. The molecule has 112 valence electrons. The Morgan fingerprint density at radius 2 is 2.24 bits per heavy atom.